The van der Waals surface area contributed by atoms with Gasteiger partial charge in [-0.2, -0.15) is 0 Å². The van der Waals surface area contributed by atoms with Crippen LogP contribution >= 0.6 is 12.4 Å². The molecule has 0 radical (unpaired) electrons. The lowest BCUT2D eigenvalue weighted by Gasteiger charge is -2.24. The van der Waals surface area contributed by atoms with Gasteiger partial charge in [0, 0.05) is 33.2 Å². The van der Waals surface area contributed by atoms with E-state index in [0.29, 0.717) is 17.7 Å². The quantitative estimate of drug-likeness (QED) is 0.817. The molecule has 6 nitrogen and oxygen atoms in total. The van der Waals surface area contributed by atoms with Gasteiger partial charge in [0.15, 0.2) is 0 Å². The van der Waals surface area contributed by atoms with E-state index >= 15 is 0 Å². The summed E-state index contributed by atoms with van der Waals surface area (Å²) < 4.78 is 0. The van der Waals surface area contributed by atoms with Crippen LogP contribution < -0.4 is 4.90 Å². The van der Waals surface area contributed by atoms with Crippen LogP contribution in [0.15, 0.2) is 12.4 Å². The predicted octanol–water partition coefficient (Wildman–Crippen LogP) is 1.77. The maximum Gasteiger partial charge on any atom is 0.273 e. The van der Waals surface area contributed by atoms with Crippen LogP contribution in [0.3, 0.4) is 0 Å². The number of rotatable bonds is 5. The fourth-order valence-corrected chi connectivity index (χ4v) is 3.12. The topological polar surface area (TPSA) is 52.6 Å². The molecular formula is C16H28ClN5O. The molecule has 1 aliphatic rings. The van der Waals surface area contributed by atoms with Crippen LogP contribution in [0.25, 0.3) is 0 Å². The highest BCUT2D eigenvalue weighted by atomic mass is 35.5. The third kappa shape index (κ3) is 4.54. The Labute approximate surface area is 145 Å². The Morgan fingerprint density at radius 3 is 2.52 bits per heavy atom. The van der Waals surface area contributed by atoms with Gasteiger partial charge in [-0.3, -0.25) is 9.78 Å². The van der Waals surface area contributed by atoms with Crippen LogP contribution in [-0.2, 0) is 0 Å². The molecule has 2 rings (SSSR count). The van der Waals surface area contributed by atoms with E-state index < -0.39 is 0 Å². The van der Waals surface area contributed by atoms with Gasteiger partial charge in [0.1, 0.15) is 11.5 Å². The van der Waals surface area contributed by atoms with Crippen LogP contribution in [0.1, 0.15) is 30.3 Å². The molecule has 1 aromatic heterocycles. The van der Waals surface area contributed by atoms with Crippen LogP contribution in [0.5, 0.6) is 0 Å². The SMILES string of the molecule is CCC[C@H]1CN(c2cncc(C(=O)N(C)C)n2)C[C@@H]1N(C)C.Cl. The summed E-state index contributed by atoms with van der Waals surface area (Å²) in [5, 5.41) is 0. The smallest absolute Gasteiger partial charge is 0.273 e. The number of hydrogen-bond acceptors (Lipinski definition) is 5. The Morgan fingerprint density at radius 1 is 1.26 bits per heavy atom. The molecule has 0 unspecified atom stereocenters. The minimum Gasteiger partial charge on any atom is -0.353 e. The van der Waals surface area contributed by atoms with Crippen molar-refractivity contribution in [2.75, 3.05) is 46.2 Å². The average molecular weight is 342 g/mol. The molecule has 1 amide bonds. The molecule has 0 bridgehead atoms. The van der Waals surface area contributed by atoms with Crippen LogP contribution in [-0.4, -0.2) is 73.0 Å². The molecule has 130 valence electrons. The van der Waals surface area contributed by atoms with Crippen molar-refractivity contribution in [2.24, 2.45) is 5.92 Å². The fourth-order valence-electron chi connectivity index (χ4n) is 3.12. The molecule has 1 fully saturated rings. The van der Waals surface area contributed by atoms with E-state index in [0.717, 1.165) is 18.9 Å². The molecular weight excluding hydrogens is 314 g/mol. The lowest BCUT2D eigenvalue weighted by atomic mass is 9.98. The Morgan fingerprint density at radius 2 is 1.96 bits per heavy atom. The summed E-state index contributed by atoms with van der Waals surface area (Å²) in [5.41, 5.74) is 0.405. The Kier molecular flexibility index (Phi) is 7.22. The molecule has 0 aromatic carbocycles. The first-order valence-corrected chi connectivity index (χ1v) is 7.89. The minimum atomic E-state index is -0.109. The second-order valence-electron chi connectivity index (χ2n) is 6.45. The van der Waals surface area contributed by atoms with Crippen molar-refractivity contribution in [1.29, 1.82) is 0 Å². The zero-order valence-electron chi connectivity index (χ0n) is 14.7. The highest BCUT2D eigenvalue weighted by Gasteiger charge is 2.34. The van der Waals surface area contributed by atoms with E-state index in [-0.39, 0.29) is 18.3 Å². The van der Waals surface area contributed by atoms with E-state index in [4.69, 9.17) is 0 Å². The van der Waals surface area contributed by atoms with E-state index in [1.807, 2.05) is 0 Å². The van der Waals surface area contributed by atoms with E-state index in [1.165, 1.54) is 23.9 Å². The van der Waals surface area contributed by atoms with Crippen LogP contribution in [0.2, 0.25) is 0 Å². The van der Waals surface area contributed by atoms with Gasteiger partial charge in [-0.05, 0) is 26.4 Å². The van der Waals surface area contributed by atoms with E-state index in [2.05, 4.69) is 40.8 Å². The van der Waals surface area contributed by atoms with Crippen LogP contribution in [0, 0.1) is 5.92 Å². The number of aromatic nitrogens is 2. The second kappa shape index (κ2) is 8.45. The summed E-state index contributed by atoms with van der Waals surface area (Å²) in [6.07, 6.45) is 5.69. The van der Waals surface area contributed by atoms with E-state index in [1.54, 1.807) is 20.3 Å². The molecule has 0 saturated carbocycles. The summed E-state index contributed by atoms with van der Waals surface area (Å²) in [6, 6.07) is 0.523. The van der Waals surface area contributed by atoms with Gasteiger partial charge in [-0.15, -0.1) is 12.4 Å². The number of anilines is 1. The van der Waals surface area contributed by atoms with Crippen molar-refractivity contribution in [1.82, 2.24) is 19.8 Å². The number of carbonyl (C=O) groups excluding carboxylic acids is 1. The summed E-state index contributed by atoms with van der Waals surface area (Å²) in [7, 11) is 7.72. The predicted molar refractivity (Wildman–Crippen MR) is 95.4 cm³/mol. The lowest BCUT2D eigenvalue weighted by molar-refractivity contribution is 0.0821. The van der Waals surface area contributed by atoms with Crippen molar-refractivity contribution in [3.8, 4) is 0 Å². The van der Waals surface area contributed by atoms with Gasteiger partial charge in [0.2, 0.25) is 0 Å². The maximum atomic E-state index is 12.0. The minimum absolute atomic E-state index is 0. The molecule has 2 atom stereocenters. The normalized spacial score (nSPS) is 20.5. The molecule has 1 aliphatic heterocycles. The third-order valence-electron chi connectivity index (χ3n) is 4.30. The number of nitrogens with zero attached hydrogens (tertiary/aromatic N) is 5. The van der Waals surface area contributed by atoms with Gasteiger partial charge in [0.05, 0.1) is 12.4 Å². The standard InChI is InChI=1S/C16H27N5O.ClH/c1-6-7-12-10-21(11-14(12)19(2)3)15-9-17-8-13(18-15)16(22)20(4)5;/h8-9,12,14H,6-7,10-11H2,1-5H3;1H/t12-,14-;/m0./s1. The Balaban J connectivity index is 0.00000264. The number of carbonyl (C=O) groups is 1. The molecule has 0 N–H and O–H groups in total. The van der Waals surface area contributed by atoms with Gasteiger partial charge >= 0.3 is 0 Å². The molecule has 2 heterocycles. The summed E-state index contributed by atoms with van der Waals surface area (Å²) in [6.45, 7) is 4.14. The zero-order chi connectivity index (χ0) is 16.3. The van der Waals surface area contributed by atoms with Gasteiger partial charge < -0.3 is 14.7 Å². The summed E-state index contributed by atoms with van der Waals surface area (Å²) in [5.74, 6) is 1.33. The van der Waals surface area contributed by atoms with E-state index in [9.17, 15) is 4.79 Å². The molecule has 23 heavy (non-hydrogen) atoms. The molecule has 7 heteroatoms. The van der Waals surface area contributed by atoms with Crippen molar-refractivity contribution >= 4 is 24.1 Å². The second-order valence-corrected chi connectivity index (χ2v) is 6.45. The summed E-state index contributed by atoms with van der Waals surface area (Å²) in [4.78, 5) is 26.9. The first kappa shape index (κ1) is 19.6. The van der Waals surface area contributed by atoms with Gasteiger partial charge in [0.25, 0.3) is 5.91 Å². The fraction of sp³-hybridized carbons (Fsp3) is 0.688. The largest absolute Gasteiger partial charge is 0.353 e. The molecule has 0 spiro atoms. The first-order chi connectivity index (χ1) is 10.4. The number of amides is 1. The number of likely N-dealkylation sites (N-methyl/N-ethyl adjacent to an activating group) is 1. The first-order valence-electron chi connectivity index (χ1n) is 7.89. The van der Waals surface area contributed by atoms with Crippen molar-refractivity contribution in [3.05, 3.63) is 18.1 Å². The summed E-state index contributed by atoms with van der Waals surface area (Å²) >= 11 is 0. The number of halogens is 1. The van der Waals surface area contributed by atoms with Crippen molar-refractivity contribution in [2.45, 2.75) is 25.8 Å². The van der Waals surface area contributed by atoms with Gasteiger partial charge in [-0.25, -0.2) is 4.98 Å². The molecule has 1 saturated heterocycles. The van der Waals surface area contributed by atoms with Crippen LogP contribution in [0.4, 0.5) is 5.82 Å². The lowest BCUT2D eigenvalue weighted by Crippen LogP contribution is -2.35. The Hall–Kier alpha value is -1.40. The zero-order valence-corrected chi connectivity index (χ0v) is 15.5. The third-order valence-corrected chi connectivity index (χ3v) is 4.30. The van der Waals surface area contributed by atoms with Crippen molar-refractivity contribution in [3.63, 3.8) is 0 Å². The molecule has 0 aliphatic carbocycles. The maximum absolute atomic E-state index is 12.0. The highest BCUT2D eigenvalue weighted by molar-refractivity contribution is 5.91. The Bertz CT molecular complexity index is 523. The number of hydrogen-bond donors (Lipinski definition) is 0. The molecule has 1 aromatic rings. The monoisotopic (exact) mass is 341 g/mol. The highest BCUT2D eigenvalue weighted by Crippen LogP contribution is 2.27. The van der Waals surface area contributed by atoms with Gasteiger partial charge in [-0.1, -0.05) is 13.3 Å². The average Bonchev–Trinajstić information content (AvgIpc) is 2.91. The van der Waals surface area contributed by atoms with Crippen molar-refractivity contribution < 1.29 is 4.79 Å².